The first-order valence-electron chi connectivity index (χ1n) is 6.46. The van der Waals surface area contributed by atoms with E-state index in [0.717, 1.165) is 27.0 Å². The van der Waals surface area contributed by atoms with E-state index in [-0.39, 0.29) is 5.38 Å². The van der Waals surface area contributed by atoms with Crippen LogP contribution >= 0.6 is 27.5 Å². The Kier molecular flexibility index (Phi) is 3.57. The molecule has 0 aliphatic heterocycles. The molecule has 1 aromatic heterocycles. The van der Waals surface area contributed by atoms with Crippen molar-refractivity contribution in [3.8, 4) is 5.69 Å². The molecule has 0 radical (unpaired) electrons. The van der Waals surface area contributed by atoms with E-state index in [1.54, 1.807) is 0 Å². The smallest absolute Gasteiger partial charge is 0.132 e. The first-order valence-corrected chi connectivity index (χ1v) is 7.69. The third kappa shape index (κ3) is 2.25. The van der Waals surface area contributed by atoms with Crippen LogP contribution in [0.1, 0.15) is 23.7 Å². The first kappa shape index (κ1) is 13.7. The summed E-state index contributed by atoms with van der Waals surface area (Å²) < 4.78 is 3.22. The number of rotatable bonds is 2. The zero-order valence-corrected chi connectivity index (χ0v) is 13.6. The fourth-order valence-corrected chi connectivity index (χ4v) is 3.06. The molecule has 0 spiro atoms. The molecule has 0 aliphatic rings. The molecule has 0 saturated carbocycles. The van der Waals surface area contributed by atoms with Gasteiger partial charge in [-0.15, -0.1) is 11.6 Å². The van der Waals surface area contributed by atoms with Gasteiger partial charge in [0.05, 0.1) is 22.1 Å². The maximum atomic E-state index is 6.32. The Hall–Kier alpha value is -1.32. The first-order chi connectivity index (χ1) is 9.58. The molecule has 0 aliphatic carbocycles. The topological polar surface area (TPSA) is 17.8 Å². The molecule has 20 heavy (non-hydrogen) atoms. The van der Waals surface area contributed by atoms with Crippen LogP contribution in [-0.4, -0.2) is 9.55 Å². The number of benzene rings is 2. The standard InChI is InChI=1S/C16H14BrClN2/c1-10-9-12(17)7-8-14(10)20-15-6-4-3-5-13(15)19-16(20)11(2)18/h3-9,11H,1-2H3. The van der Waals surface area contributed by atoms with Gasteiger partial charge in [-0.3, -0.25) is 4.57 Å². The summed E-state index contributed by atoms with van der Waals surface area (Å²) in [5.41, 5.74) is 4.35. The lowest BCUT2D eigenvalue weighted by atomic mass is 10.2. The summed E-state index contributed by atoms with van der Waals surface area (Å²) in [6.07, 6.45) is 0. The average Bonchev–Trinajstić information content (AvgIpc) is 2.78. The molecule has 0 saturated heterocycles. The van der Waals surface area contributed by atoms with E-state index in [1.165, 1.54) is 5.56 Å². The minimum absolute atomic E-state index is 0.148. The summed E-state index contributed by atoms with van der Waals surface area (Å²) in [5, 5.41) is -0.148. The van der Waals surface area contributed by atoms with Crippen LogP contribution in [0.4, 0.5) is 0 Å². The summed E-state index contributed by atoms with van der Waals surface area (Å²) in [4.78, 5) is 4.67. The van der Waals surface area contributed by atoms with E-state index in [9.17, 15) is 0 Å². The fraction of sp³-hybridized carbons (Fsp3) is 0.188. The molecule has 3 rings (SSSR count). The lowest BCUT2D eigenvalue weighted by Gasteiger charge is -2.13. The van der Waals surface area contributed by atoms with Gasteiger partial charge in [-0.25, -0.2) is 4.98 Å². The molecule has 1 unspecified atom stereocenters. The fourth-order valence-electron chi connectivity index (χ4n) is 2.43. The maximum absolute atomic E-state index is 6.32. The van der Waals surface area contributed by atoms with Crippen molar-refractivity contribution in [3.63, 3.8) is 0 Å². The van der Waals surface area contributed by atoms with E-state index in [1.807, 2.05) is 31.2 Å². The molecule has 0 N–H and O–H groups in total. The van der Waals surface area contributed by atoms with Crippen molar-refractivity contribution < 1.29 is 0 Å². The highest BCUT2D eigenvalue weighted by atomic mass is 79.9. The van der Waals surface area contributed by atoms with Gasteiger partial charge in [0, 0.05) is 4.47 Å². The maximum Gasteiger partial charge on any atom is 0.132 e. The van der Waals surface area contributed by atoms with Crippen LogP contribution in [-0.2, 0) is 0 Å². The van der Waals surface area contributed by atoms with Crippen LogP contribution in [0.2, 0.25) is 0 Å². The summed E-state index contributed by atoms with van der Waals surface area (Å²) >= 11 is 9.83. The van der Waals surface area contributed by atoms with Crippen molar-refractivity contribution in [1.29, 1.82) is 0 Å². The van der Waals surface area contributed by atoms with Gasteiger partial charge in [-0.1, -0.05) is 28.1 Å². The van der Waals surface area contributed by atoms with E-state index in [4.69, 9.17) is 11.6 Å². The van der Waals surface area contributed by atoms with Crippen molar-refractivity contribution >= 4 is 38.6 Å². The van der Waals surface area contributed by atoms with Gasteiger partial charge in [-0.05, 0) is 49.7 Å². The van der Waals surface area contributed by atoms with Gasteiger partial charge in [0.1, 0.15) is 5.82 Å². The second-order valence-corrected chi connectivity index (χ2v) is 6.41. The van der Waals surface area contributed by atoms with Crippen molar-refractivity contribution in [2.75, 3.05) is 0 Å². The van der Waals surface area contributed by atoms with E-state index in [0.29, 0.717) is 0 Å². The predicted octanol–water partition coefficient (Wildman–Crippen LogP) is 5.40. The zero-order valence-electron chi connectivity index (χ0n) is 11.3. The Morgan fingerprint density at radius 2 is 1.95 bits per heavy atom. The number of hydrogen-bond acceptors (Lipinski definition) is 1. The lowest BCUT2D eigenvalue weighted by molar-refractivity contribution is 0.878. The summed E-state index contributed by atoms with van der Waals surface area (Å²) in [6.45, 7) is 4.05. The van der Waals surface area contributed by atoms with Crippen molar-refractivity contribution in [2.24, 2.45) is 0 Å². The average molecular weight is 350 g/mol. The van der Waals surface area contributed by atoms with Crippen LogP contribution in [0, 0.1) is 6.92 Å². The summed E-state index contributed by atoms with van der Waals surface area (Å²) in [5.74, 6) is 0.873. The highest BCUT2D eigenvalue weighted by Gasteiger charge is 2.17. The summed E-state index contributed by atoms with van der Waals surface area (Å²) in [7, 11) is 0. The molecule has 102 valence electrons. The van der Waals surface area contributed by atoms with Gasteiger partial charge in [-0.2, -0.15) is 0 Å². The number of aromatic nitrogens is 2. The zero-order chi connectivity index (χ0) is 14.3. The third-order valence-electron chi connectivity index (χ3n) is 3.34. The Bertz CT molecular complexity index is 777. The van der Waals surface area contributed by atoms with E-state index < -0.39 is 0 Å². The second-order valence-electron chi connectivity index (χ2n) is 4.84. The Balaban J connectivity index is 2.36. The summed E-state index contributed by atoms with van der Waals surface area (Å²) in [6, 6.07) is 14.4. The SMILES string of the molecule is Cc1cc(Br)ccc1-n1c(C(C)Cl)nc2ccccc21. The Morgan fingerprint density at radius 3 is 2.65 bits per heavy atom. The Labute approximate surface area is 131 Å². The minimum Gasteiger partial charge on any atom is -0.295 e. The molecule has 3 aromatic rings. The lowest BCUT2D eigenvalue weighted by Crippen LogP contribution is -2.03. The number of halogens is 2. The predicted molar refractivity (Wildman–Crippen MR) is 87.8 cm³/mol. The number of imidazole rings is 1. The van der Waals surface area contributed by atoms with Crippen LogP contribution in [0.3, 0.4) is 0 Å². The normalized spacial score (nSPS) is 12.8. The minimum atomic E-state index is -0.148. The number of hydrogen-bond donors (Lipinski definition) is 0. The number of nitrogens with zero attached hydrogens (tertiary/aromatic N) is 2. The molecule has 1 heterocycles. The van der Waals surface area contributed by atoms with Crippen LogP contribution in [0.25, 0.3) is 16.7 Å². The third-order valence-corrected chi connectivity index (χ3v) is 4.03. The molecule has 0 bridgehead atoms. The van der Waals surface area contributed by atoms with E-state index in [2.05, 4.69) is 50.6 Å². The molecule has 2 aromatic carbocycles. The number of fused-ring (bicyclic) bond motifs is 1. The molecule has 2 nitrogen and oxygen atoms in total. The van der Waals surface area contributed by atoms with Gasteiger partial charge in [0.2, 0.25) is 0 Å². The van der Waals surface area contributed by atoms with Crippen molar-refractivity contribution in [1.82, 2.24) is 9.55 Å². The van der Waals surface area contributed by atoms with Crippen LogP contribution in [0.15, 0.2) is 46.9 Å². The van der Waals surface area contributed by atoms with Gasteiger partial charge in [0.25, 0.3) is 0 Å². The molecule has 4 heteroatoms. The molecular formula is C16H14BrClN2. The molecular weight excluding hydrogens is 336 g/mol. The van der Waals surface area contributed by atoms with Crippen molar-refractivity contribution in [2.45, 2.75) is 19.2 Å². The van der Waals surface area contributed by atoms with Gasteiger partial charge in [0.15, 0.2) is 0 Å². The number of alkyl halides is 1. The highest BCUT2D eigenvalue weighted by molar-refractivity contribution is 9.10. The highest BCUT2D eigenvalue weighted by Crippen LogP contribution is 2.30. The molecule has 0 fully saturated rings. The van der Waals surface area contributed by atoms with Crippen LogP contribution < -0.4 is 0 Å². The monoisotopic (exact) mass is 348 g/mol. The van der Waals surface area contributed by atoms with Crippen LogP contribution in [0.5, 0.6) is 0 Å². The Morgan fingerprint density at radius 1 is 1.20 bits per heavy atom. The van der Waals surface area contributed by atoms with Gasteiger partial charge < -0.3 is 0 Å². The molecule has 1 atom stereocenters. The van der Waals surface area contributed by atoms with E-state index >= 15 is 0 Å². The second kappa shape index (κ2) is 5.23. The quantitative estimate of drug-likeness (QED) is 0.567. The van der Waals surface area contributed by atoms with Gasteiger partial charge >= 0.3 is 0 Å². The number of para-hydroxylation sites is 2. The number of aryl methyl sites for hydroxylation is 1. The molecule has 0 amide bonds. The van der Waals surface area contributed by atoms with Crippen molar-refractivity contribution in [3.05, 3.63) is 58.3 Å². The largest absolute Gasteiger partial charge is 0.295 e.